The van der Waals surface area contributed by atoms with Gasteiger partial charge in [-0.2, -0.15) is 4.36 Å². The van der Waals surface area contributed by atoms with Gasteiger partial charge in [0.2, 0.25) is 0 Å². The van der Waals surface area contributed by atoms with Crippen LogP contribution < -0.4 is 11.1 Å². The Morgan fingerprint density at radius 2 is 1.43 bits per heavy atom. The quantitative estimate of drug-likeness (QED) is 0.105. The number of esters is 3. The number of unbranched alkanes of at least 4 members (excludes halogenated alkanes) is 2. The van der Waals surface area contributed by atoms with E-state index in [4.69, 9.17) is 10.5 Å². The Hall–Kier alpha value is -5.55. The molecular weight excluding hydrogens is 652 g/mol. The number of aromatic nitrogens is 1. The van der Waals surface area contributed by atoms with Crippen LogP contribution in [0.5, 0.6) is 0 Å². The molecule has 49 heavy (non-hydrogen) atoms. The zero-order valence-corrected chi connectivity index (χ0v) is 28.3. The van der Waals surface area contributed by atoms with Crippen LogP contribution in [-0.4, -0.2) is 71.8 Å². The number of ether oxygens (including phenoxy) is 3. The third kappa shape index (κ3) is 12.2. The first-order valence-electron chi connectivity index (χ1n) is 15.2. The highest BCUT2D eigenvalue weighted by molar-refractivity contribution is 7.93. The highest BCUT2D eigenvalue weighted by Crippen LogP contribution is 2.17. The molecule has 3 aromatic rings. The molecule has 14 heteroatoms. The van der Waals surface area contributed by atoms with Crippen molar-refractivity contribution in [2.45, 2.75) is 38.5 Å². The van der Waals surface area contributed by atoms with Crippen LogP contribution in [-0.2, 0) is 33.5 Å². The number of nitrogen functional groups attached to an aromatic ring is 1. The minimum atomic E-state index is -3.05. The predicted octanol–water partition coefficient (Wildman–Crippen LogP) is 4.40. The summed E-state index contributed by atoms with van der Waals surface area (Å²) >= 11 is 0. The molecule has 0 radical (unpaired) electrons. The second-order valence-electron chi connectivity index (χ2n) is 10.7. The molecular formula is C35H38N4O9S. The number of nitrogens with zero attached hydrogens (tertiary/aromatic N) is 2. The summed E-state index contributed by atoms with van der Waals surface area (Å²) < 4.78 is 31.9. The van der Waals surface area contributed by atoms with Gasteiger partial charge in [0.15, 0.2) is 0 Å². The number of pyridine rings is 1. The molecule has 2 amide bonds. The van der Waals surface area contributed by atoms with Gasteiger partial charge >= 0.3 is 17.9 Å². The Morgan fingerprint density at radius 3 is 2.06 bits per heavy atom. The summed E-state index contributed by atoms with van der Waals surface area (Å²) in [7, 11) is 0.780. The lowest BCUT2D eigenvalue weighted by molar-refractivity contribution is -0.141. The first-order chi connectivity index (χ1) is 23.5. The molecule has 0 aliphatic carbocycles. The molecule has 0 atom stereocenters. The molecule has 0 saturated carbocycles. The van der Waals surface area contributed by atoms with Crippen LogP contribution >= 0.6 is 0 Å². The predicted molar refractivity (Wildman–Crippen MR) is 183 cm³/mol. The summed E-state index contributed by atoms with van der Waals surface area (Å²) in [4.78, 5) is 64.9. The number of methoxy groups -OCH3 is 3. The third-order valence-corrected chi connectivity index (χ3v) is 9.42. The Labute approximate surface area is 285 Å². The fraction of sp³-hybridized carbons (Fsp3) is 0.314. The molecule has 0 fully saturated rings. The maximum atomic E-state index is 13.8. The minimum Gasteiger partial charge on any atom is -0.469 e. The molecule has 0 spiro atoms. The number of carbonyl (C=O) groups excluding carboxylic acids is 5. The maximum absolute atomic E-state index is 13.8. The van der Waals surface area contributed by atoms with Crippen LogP contribution in [0, 0.1) is 11.8 Å². The molecule has 0 bridgehead atoms. The van der Waals surface area contributed by atoms with Gasteiger partial charge < -0.3 is 25.3 Å². The average molecular weight is 691 g/mol. The van der Waals surface area contributed by atoms with Gasteiger partial charge in [-0.05, 0) is 68.1 Å². The third-order valence-electron chi connectivity index (χ3n) is 7.07. The van der Waals surface area contributed by atoms with E-state index in [1.54, 1.807) is 42.5 Å². The van der Waals surface area contributed by atoms with Crippen molar-refractivity contribution in [2.24, 2.45) is 4.36 Å². The van der Waals surface area contributed by atoms with Crippen LogP contribution in [0.15, 0.2) is 65.2 Å². The van der Waals surface area contributed by atoms with Gasteiger partial charge in [0.1, 0.15) is 5.82 Å². The number of hydrogen-bond donors (Lipinski definition) is 2. The van der Waals surface area contributed by atoms with E-state index in [0.29, 0.717) is 36.9 Å². The molecule has 1 heterocycles. The lowest BCUT2D eigenvalue weighted by Gasteiger charge is -2.10. The van der Waals surface area contributed by atoms with Crippen LogP contribution in [0.1, 0.15) is 80.7 Å². The average Bonchev–Trinajstić information content (AvgIpc) is 3.11. The molecule has 13 nitrogen and oxygen atoms in total. The molecule has 3 rings (SSSR count). The summed E-state index contributed by atoms with van der Waals surface area (Å²) in [5, 5.41) is 2.77. The fourth-order valence-corrected chi connectivity index (χ4v) is 6.52. The van der Waals surface area contributed by atoms with Gasteiger partial charge in [-0.25, -0.2) is 14.0 Å². The minimum absolute atomic E-state index is 0.0329. The lowest BCUT2D eigenvalue weighted by Crippen LogP contribution is -2.15. The van der Waals surface area contributed by atoms with E-state index in [0.717, 1.165) is 0 Å². The van der Waals surface area contributed by atoms with Gasteiger partial charge in [0.25, 0.3) is 11.8 Å². The van der Waals surface area contributed by atoms with Gasteiger partial charge in [0.05, 0.1) is 47.7 Å². The molecule has 3 N–H and O–H groups in total. The first-order valence-corrected chi connectivity index (χ1v) is 17.1. The first kappa shape index (κ1) is 37.9. The SMILES string of the molecule is COC(=O)CCCCS(=O)(CCCCC(=O)OC)=NC(=O)c1cnc(N)c(C#Cc2cccc(NC(=O)c3cccc(C(=O)OC)c3)c2)c1. The van der Waals surface area contributed by atoms with Crippen LogP contribution in [0.4, 0.5) is 11.5 Å². The van der Waals surface area contributed by atoms with Crippen molar-refractivity contribution in [3.63, 3.8) is 0 Å². The maximum Gasteiger partial charge on any atom is 0.337 e. The number of rotatable bonds is 14. The van der Waals surface area contributed by atoms with E-state index in [9.17, 15) is 28.2 Å². The van der Waals surface area contributed by atoms with Gasteiger partial charge in [-0.1, -0.05) is 24.0 Å². The van der Waals surface area contributed by atoms with Crippen molar-refractivity contribution in [3.8, 4) is 11.8 Å². The Balaban J connectivity index is 1.79. The smallest absolute Gasteiger partial charge is 0.337 e. The molecule has 0 unspecified atom stereocenters. The zero-order chi connectivity index (χ0) is 35.8. The standard InChI is InChI=1S/C35H38N4O9S/c1-46-30(40)14-4-6-18-49(45,19-7-5-15-31(41)47-2)39-34(43)28-21-25(32(36)37-23-28)17-16-24-10-8-13-29(20-24)38-33(42)26-11-9-12-27(22-26)35(44)48-3/h8-13,20-23H,4-7,14-15,18-19H2,1-3H3,(H2,36,37)(H,38,42). The van der Waals surface area contributed by atoms with Crippen molar-refractivity contribution in [2.75, 3.05) is 43.9 Å². The fourth-order valence-electron chi connectivity index (χ4n) is 4.41. The molecule has 2 aromatic carbocycles. The number of hydrogen-bond acceptors (Lipinski definition) is 11. The van der Waals surface area contributed by atoms with E-state index in [1.807, 2.05) is 0 Å². The Bertz CT molecular complexity index is 1860. The highest BCUT2D eigenvalue weighted by atomic mass is 32.2. The van der Waals surface area contributed by atoms with Crippen LogP contribution in [0.3, 0.4) is 0 Å². The Morgan fingerprint density at radius 1 is 0.796 bits per heavy atom. The van der Waals surface area contributed by atoms with Gasteiger partial charge in [-0.15, -0.1) is 0 Å². The van der Waals surface area contributed by atoms with E-state index >= 15 is 0 Å². The van der Waals surface area contributed by atoms with E-state index in [1.165, 1.54) is 39.7 Å². The summed E-state index contributed by atoms with van der Waals surface area (Å²) in [6, 6.07) is 14.2. The molecule has 0 saturated heterocycles. The topological polar surface area (TPSA) is 193 Å². The van der Waals surface area contributed by atoms with Gasteiger partial charge in [0, 0.05) is 47.4 Å². The number of benzene rings is 2. The second-order valence-corrected chi connectivity index (χ2v) is 13.2. The van der Waals surface area contributed by atoms with Crippen LogP contribution in [0.25, 0.3) is 0 Å². The molecule has 0 aliphatic heterocycles. The summed E-state index contributed by atoms with van der Waals surface area (Å²) in [6.07, 6.45) is 3.08. The summed E-state index contributed by atoms with van der Waals surface area (Å²) in [6.45, 7) is 0. The van der Waals surface area contributed by atoms with Crippen molar-refractivity contribution in [3.05, 3.63) is 88.6 Å². The highest BCUT2D eigenvalue weighted by Gasteiger charge is 2.17. The monoisotopic (exact) mass is 690 g/mol. The number of carbonyl (C=O) groups is 5. The molecule has 0 aliphatic rings. The van der Waals surface area contributed by atoms with E-state index in [-0.39, 0.29) is 52.4 Å². The number of nitrogens with two attached hydrogens (primary N) is 1. The number of anilines is 2. The Kier molecular flexibility index (Phi) is 14.5. The summed E-state index contributed by atoms with van der Waals surface area (Å²) in [5.41, 5.74) is 7.77. The normalized spacial score (nSPS) is 10.6. The van der Waals surface area contributed by atoms with E-state index < -0.39 is 39.5 Å². The second kappa shape index (κ2) is 18.7. The lowest BCUT2D eigenvalue weighted by atomic mass is 10.1. The van der Waals surface area contributed by atoms with Gasteiger partial charge in [-0.3, -0.25) is 19.2 Å². The van der Waals surface area contributed by atoms with Crippen molar-refractivity contribution in [1.82, 2.24) is 4.98 Å². The zero-order valence-electron chi connectivity index (χ0n) is 27.5. The largest absolute Gasteiger partial charge is 0.469 e. The summed E-state index contributed by atoms with van der Waals surface area (Å²) in [5.74, 6) is 3.50. The van der Waals surface area contributed by atoms with Crippen LogP contribution in [0.2, 0.25) is 0 Å². The molecule has 258 valence electrons. The number of amides is 2. The number of nitrogens with one attached hydrogen (secondary N) is 1. The van der Waals surface area contributed by atoms with Crippen molar-refractivity contribution < 1.29 is 42.4 Å². The van der Waals surface area contributed by atoms with Crippen molar-refractivity contribution >= 4 is 51.0 Å². The molecule has 1 aromatic heterocycles. The van der Waals surface area contributed by atoms with E-state index in [2.05, 4.69) is 36.0 Å². The van der Waals surface area contributed by atoms with Crippen molar-refractivity contribution in [1.29, 1.82) is 0 Å².